The standard InChI is InChI=1S/C13H18BrNO2S2/c1-8-12(6-13(14)18-8)19(16,17)15-7-11(9-2-3-9)10-4-5-10/h6,9-11,15H,2-5,7H2,1H3. The monoisotopic (exact) mass is 363 g/mol. The van der Waals surface area contributed by atoms with Crippen molar-refractivity contribution >= 4 is 37.3 Å². The lowest BCUT2D eigenvalue weighted by Crippen LogP contribution is -2.31. The molecule has 3 nitrogen and oxygen atoms in total. The highest BCUT2D eigenvalue weighted by molar-refractivity contribution is 9.11. The molecule has 0 spiro atoms. The molecule has 0 aromatic carbocycles. The third-order valence-electron chi connectivity index (χ3n) is 4.10. The zero-order valence-electron chi connectivity index (χ0n) is 10.9. The van der Waals surface area contributed by atoms with Crippen molar-refractivity contribution in [2.75, 3.05) is 6.54 Å². The first-order valence-electron chi connectivity index (χ1n) is 6.73. The smallest absolute Gasteiger partial charge is 0.211 e. The van der Waals surface area contributed by atoms with Crippen molar-refractivity contribution in [2.24, 2.45) is 17.8 Å². The van der Waals surface area contributed by atoms with Gasteiger partial charge < -0.3 is 0 Å². The number of nitrogens with one attached hydrogen (secondary N) is 1. The van der Waals surface area contributed by atoms with Gasteiger partial charge in [0.25, 0.3) is 0 Å². The van der Waals surface area contributed by atoms with Crippen molar-refractivity contribution in [3.8, 4) is 0 Å². The van der Waals surface area contributed by atoms with Crippen LogP contribution in [0.1, 0.15) is 30.6 Å². The van der Waals surface area contributed by atoms with E-state index in [2.05, 4.69) is 20.7 Å². The Bertz CT molecular complexity index is 561. The molecule has 0 aliphatic heterocycles. The highest BCUT2D eigenvalue weighted by Crippen LogP contribution is 2.49. The largest absolute Gasteiger partial charge is 0.241 e. The van der Waals surface area contributed by atoms with Gasteiger partial charge in [0.05, 0.1) is 8.68 Å². The molecule has 0 radical (unpaired) electrons. The second kappa shape index (κ2) is 5.13. The van der Waals surface area contributed by atoms with Crippen LogP contribution in [-0.4, -0.2) is 15.0 Å². The summed E-state index contributed by atoms with van der Waals surface area (Å²) in [4.78, 5) is 1.27. The molecule has 0 unspecified atom stereocenters. The molecule has 1 aromatic rings. The van der Waals surface area contributed by atoms with Crippen LogP contribution in [0.2, 0.25) is 0 Å². The van der Waals surface area contributed by atoms with Gasteiger partial charge in [-0.25, -0.2) is 13.1 Å². The quantitative estimate of drug-likeness (QED) is 0.839. The fourth-order valence-corrected chi connectivity index (χ4v) is 6.23. The highest BCUT2D eigenvalue weighted by atomic mass is 79.9. The van der Waals surface area contributed by atoms with Crippen LogP contribution in [0.3, 0.4) is 0 Å². The van der Waals surface area contributed by atoms with Crippen LogP contribution in [0.25, 0.3) is 0 Å². The molecule has 6 heteroatoms. The Kier molecular flexibility index (Phi) is 3.79. The van der Waals surface area contributed by atoms with Crippen LogP contribution >= 0.6 is 27.3 Å². The summed E-state index contributed by atoms with van der Waals surface area (Å²) in [5, 5.41) is 0. The van der Waals surface area contributed by atoms with Gasteiger partial charge in [-0.3, -0.25) is 0 Å². The van der Waals surface area contributed by atoms with Gasteiger partial charge in [0.15, 0.2) is 0 Å². The zero-order chi connectivity index (χ0) is 13.6. The van der Waals surface area contributed by atoms with E-state index in [1.165, 1.54) is 37.0 Å². The van der Waals surface area contributed by atoms with Crippen molar-refractivity contribution in [1.82, 2.24) is 4.72 Å². The predicted octanol–water partition coefficient (Wildman–Crippen LogP) is 3.53. The molecule has 2 fully saturated rings. The summed E-state index contributed by atoms with van der Waals surface area (Å²) in [6.07, 6.45) is 5.13. The van der Waals surface area contributed by atoms with Gasteiger partial charge >= 0.3 is 0 Å². The average molecular weight is 364 g/mol. The molecule has 3 rings (SSSR count). The minimum atomic E-state index is -3.35. The number of sulfonamides is 1. The minimum absolute atomic E-state index is 0.426. The number of rotatable bonds is 6. The fraction of sp³-hybridized carbons (Fsp3) is 0.692. The first kappa shape index (κ1) is 14.0. The molecular formula is C13H18BrNO2S2. The molecule has 0 saturated heterocycles. The van der Waals surface area contributed by atoms with Crippen molar-refractivity contribution in [2.45, 2.75) is 37.5 Å². The van der Waals surface area contributed by atoms with Crippen LogP contribution in [0.5, 0.6) is 0 Å². The molecule has 0 atom stereocenters. The van der Waals surface area contributed by atoms with Gasteiger partial charge in [-0.2, -0.15) is 0 Å². The van der Waals surface area contributed by atoms with Crippen LogP contribution < -0.4 is 4.72 Å². The summed E-state index contributed by atoms with van der Waals surface area (Å²) < 4.78 is 28.4. The summed E-state index contributed by atoms with van der Waals surface area (Å²) in [6, 6.07) is 1.70. The van der Waals surface area contributed by atoms with Gasteiger partial charge in [0, 0.05) is 11.4 Å². The van der Waals surface area contributed by atoms with Gasteiger partial charge in [-0.1, -0.05) is 0 Å². The normalized spacial score (nSPS) is 20.2. The van der Waals surface area contributed by atoms with Crippen molar-refractivity contribution in [3.63, 3.8) is 0 Å². The van der Waals surface area contributed by atoms with Gasteiger partial charge in [0.1, 0.15) is 0 Å². The number of hydrogen-bond donors (Lipinski definition) is 1. The first-order chi connectivity index (χ1) is 8.97. The van der Waals surface area contributed by atoms with E-state index in [1.807, 2.05) is 6.92 Å². The number of hydrogen-bond acceptors (Lipinski definition) is 3. The summed E-state index contributed by atoms with van der Waals surface area (Å²) in [5.41, 5.74) is 0. The van der Waals surface area contributed by atoms with Crippen molar-refractivity contribution < 1.29 is 8.42 Å². The Labute approximate surface area is 127 Å². The van der Waals surface area contributed by atoms with E-state index >= 15 is 0 Å². The van der Waals surface area contributed by atoms with Gasteiger partial charge in [-0.05, 0) is 72.4 Å². The summed E-state index contributed by atoms with van der Waals surface area (Å²) in [7, 11) is -3.35. The first-order valence-corrected chi connectivity index (χ1v) is 9.82. The number of aryl methyl sites for hydroxylation is 1. The lowest BCUT2D eigenvalue weighted by atomic mass is 9.99. The average Bonchev–Trinajstić information content (AvgIpc) is 3.20. The van der Waals surface area contributed by atoms with Crippen LogP contribution in [0, 0.1) is 24.7 Å². The molecule has 19 heavy (non-hydrogen) atoms. The molecule has 2 aliphatic carbocycles. The Morgan fingerprint density at radius 3 is 2.37 bits per heavy atom. The molecule has 0 bridgehead atoms. The summed E-state index contributed by atoms with van der Waals surface area (Å²) >= 11 is 4.81. The topological polar surface area (TPSA) is 46.2 Å². The maximum absolute atomic E-state index is 12.3. The Morgan fingerprint density at radius 2 is 1.95 bits per heavy atom. The molecule has 2 saturated carbocycles. The highest BCUT2D eigenvalue weighted by Gasteiger charge is 2.41. The van der Waals surface area contributed by atoms with Crippen molar-refractivity contribution in [3.05, 3.63) is 14.7 Å². The SMILES string of the molecule is Cc1sc(Br)cc1S(=O)(=O)NCC(C1CC1)C1CC1. The third kappa shape index (κ3) is 3.23. The van der Waals surface area contributed by atoms with E-state index in [1.54, 1.807) is 6.07 Å². The fourth-order valence-electron chi connectivity index (χ4n) is 2.75. The maximum atomic E-state index is 12.3. The van der Waals surface area contributed by atoms with E-state index in [0.717, 1.165) is 20.5 Å². The number of halogens is 1. The molecule has 1 N–H and O–H groups in total. The van der Waals surface area contributed by atoms with Crippen molar-refractivity contribution in [1.29, 1.82) is 0 Å². The lowest BCUT2D eigenvalue weighted by Gasteiger charge is -2.16. The van der Waals surface area contributed by atoms with Crippen LogP contribution in [0.4, 0.5) is 0 Å². The second-order valence-electron chi connectivity index (χ2n) is 5.66. The predicted molar refractivity (Wildman–Crippen MR) is 80.9 cm³/mol. The molecular weight excluding hydrogens is 346 g/mol. The Hall–Kier alpha value is 0.0900. The summed E-state index contributed by atoms with van der Waals surface area (Å²) in [6.45, 7) is 2.47. The van der Waals surface area contributed by atoms with Crippen LogP contribution in [-0.2, 0) is 10.0 Å². The lowest BCUT2D eigenvalue weighted by molar-refractivity contribution is 0.401. The van der Waals surface area contributed by atoms with Gasteiger partial charge in [-0.15, -0.1) is 11.3 Å². The third-order valence-corrected chi connectivity index (χ3v) is 7.33. The van der Waals surface area contributed by atoms with Crippen LogP contribution in [0.15, 0.2) is 14.7 Å². The van der Waals surface area contributed by atoms with E-state index in [4.69, 9.17) is 0 Å². The van der Waals surface area contributed by atoms with Gasteiger partial charge in [0.2, 0.25) is 10.0 Å². The Balaban J connectivity index is 1.69. The molecule has 0 amide bonds. The Morgan fingerprint density at radius 1 is 1.37 bits per heavy atom. The van der Waals surface area contributed by atoms with E-state index in [-0.39, 0.29) is 0 Å². The summed E-state index contributed by atoms with van der Waals surface area (Å²) in [5.74, 6) is 2.10. The maximum Gasteiger partial charge on any atom is 0.241 e. The molecule has 2 aliphatic rings. The zero-order valence-corrected chi connectivity index (χ0v) is 14.1. The number of thiophene rings is 1. The second-order valence-corrected chi connectivity index (χ2v) is 10.0. The van der Waals surface area contributed by atoms with E-state index in [0.29, 0.717) is 17.4 Å². The molecule has 1 aromatic heterocycles. The molecule has 106 valence electrons. The molecule has 1 heterocycles. The van der Waals surface area contributed by atoms with E-state index < -0.39 is 10.0 Å². The van der Waals surface area contributed by atoms with E-state index in [9.17, 15) is 8.42 Å². The minimum Gasteiger partial charge on any atom is -0.211 e.